The van der Waals surface area contributed by atoms with Crippen LogP contribution in [0.4, 0.5) is 0 Å². The van der Waals surface area contributed by atoms with Crippen molar-refractivity contribution in [2.75, 3.05) is 32.7 Å². The third kappa shape index (κ3) is 3.55. The number of rotatable bonds is 5. The zero-order chi connectivity index (χ0) is 14.4. The third-order valence-corrected chi connectivity index (χ3v) is 3.97. The molecular formula is C15H24N4O. The minimum Gasteiger partial charge on any atom is -0.335 e. The molecule has 5 heteroatoms. The van der Waals surface area contributed by atoms with Gasteiger partial charge in [0.05, 0.1) is 0 Å². The second-order valence-electron chi connectivity index (χ2n) is 5.18. The molecule has 0 radical (unpaired) electrons. The number of piperazine rings is 1. The zero-order valence-electron chi connectivity index (χ0n) is 12.2. The molecule has 0 aromatic carbocycles. The normalized spacial score (nSPS) is 18.0. The fourth-order valence-electron chi connectivity index (χ4n) is 2.78. The molecule has 1 unspecified atom stereocenters. The molecule has 1 aliphatic heterocycles. The van der Waals surface area contributed by atoms with E-state index in [0.29, 0.717) is 11.7 Å². The topological polar surface area (TPSA) is 62.5 Å². The number of pyridine rings is 1. The van der Waals surface area contributed by atoms with Crippen LogP contribution in [0.25, 0.3) is 0 Å². The van der Waals surface area contributed by atoms with Gasteiger partial charge in [-0.3, -0.25) is 14.7 Å². The molecule has 1 aliphatic rings. The second-order valence-corrected chi connectivity index (χ2v) is 5.18. The Morgan fingerprint density at radius 2 is 2.10 bits per heavy atom. The van der Waals surface area contributed by atoms with E-state index >= 15 is 0 Å². The molecule has 1 amide bonds. The van der Waals surface area contributed by atoms with Crippen LogP contribution in [0.15, 0.2) is 24.4 Å². The SMILES string of the molecule is CCC(CCN)N1CCN(C(=O)c2ccccn2)CC1. The molecule has 0 bridgehead atoms. The summed E-state index contributed by atoms with van der Waals surface area (Å²) in [4.78, 5) is 20.8. The fraction of sp³-hybridized carbons (Fsp3) is 0.600. The van der Waals surface area contributed by atoms with Gasteiger partial charge < -0.3 is 10.6 Å². The molecule has 1 saturated heterocycles. The minimum atomic E-state index is 0.0390. The van der Waals surface area contributed by atoms with Crippen molar-refractivity contribution >= 4 is 5.91 Å². The Balaban J connectivity index is 1.89. The molecule has 1 aromatic heterocycles. The third-order valence-electron chi connectivity index (χ3n) is 3.97. The molecule has 0 aliphatic carbocycles. The first-order valence-electron chi connectivity index (χ1n) is 7.40. The van der Waals surface area contributed by atoms with E-state index in [9.17, 15) is 4.79 Å². The van der Waals surface area contributed by atoms with Gasteiger partial charge in [-0.25, -0.2) is 0 Å². The summed E-state index contributed by atoms with van der Waals surface area (Å²) in [5.41, 5.74) is 6.20. The summed E-state index contributed by atoms with van der Waals surface area (Å²) < 4.78 is 0. The van der Waals surface area contributed by atoms with Gasteiger partial charge in [-0.2, -0.15) is 0 Å². The molecule has 1 atom stereocenters. The van der Waals surface area contributed by atoms with Crippen molar-refractivity contribution in [2.45, 2.75) is 25.8 Å². The van der Waals surface area contributed by atoms with Crippen LogP contribution in [-0.4, -0.2) is 59.5 Å². The first kappa shape index (κ1) is 14.9. The van der Waals surface area contributed by atoms with Crippen molar-refractivity contribution < 1.29 is 4.79 Å². The summed E-state index contributed by atoms with van der Waals surface area (Å²) in [5, 5.41) is 0. The lowest BCUT2D eigenvalue weighted by molar-refractivity contribution is 0.0551. The smallest absolute Gasteiger partial charge is 0.272 e. The number of nitrogens with zero attached hydrogens (tertiary/aromatic N) is 3. The predicted molar refractivity (Wildman–Crippen MR) is 79.5 cm³/mol. The van der Waals surface area contributed by atoms with E-state index < -0.39 is 0 Å². The van der Waals surface area contributed by atoms with Gasteiger partial charge in [0.1, 0.15) is 5.69 Å². The minimum absolute atomic E-state index is 0.0390. The lowest BCUT2D eigenvalue weighted by atomic mass is 10.1. The Labute approximate surface area is 120 Å². The highest BCUT2D eigenvalue weighted by Gasteiger charge is 2.25. The maximum absolute atomic E-state index is 12.3. The van der Waals surface area contributed by atoms with Crippen LogP contribution in [0.5, 0.6) is 0 Å². The van der Waals surface area contributed by atoms with Crippen LogP contribution < -0.4 is 5.73 Å². The molecule has 20 heavy (non-hydrogen) atoms. The number of hydrogen-bond acceptors (Lipinski definition) is 4. The average molecular weight is 276 g/mol. The summed E-state index contributed by atoms with van der Waals surface area (Å²) in [7, 11) is 0. The van der Waals surface area contributed by atoms with E-state index in [1.807, 2.05) is 17.0 Å². The van der Waals surface area contributed by atoms with Gasteiger partial charge >= 0.3 is 0 Å². The van der Waals surface area contributed by atoms with Crippen LogP contribution in [-0.2, 0) is 0 Å². The Kier molecular flexibility index (Phi) is 5.49. The summed E-state index contributed by atoms with van der Waals surface area (Å²) in [6.45, 7) is 6.33. The second kappa shape index (κ2) is 7.36. The summed E-state index contributed by atoms with van der Waals surface area (Å²) in [6, 6.07) is 6.00. The van der Waals surface area contributed by atoms with Gasteiger partial charge in [0.15, 0.2) is 0 Å². The molecule has 1 fully saturated rings. The number of amides is 1. The van der Waals surface area contributed by atoms with Crippen molar-refractivity contribution in [1.82, 2.24) is 14.8 Å². The van der Waals surface area contributed by atoms with Crippen LogP contribution in [0.1, 0.15) is 30.3 Å². The van der Waals surface area contributed by atoms with Gasteiger partial charge in [0.2, 0.25) is 0 Å². The Morgan fingerprint density at radius 1 is 1.35 bits per heavy atom. The van der Waals surface area contributed by atoms with E-state index in [0.717, 1.165) is 45.6 Å². The van der Waals surface area contributed by atoms with E-state index in [1.165, 1.54) is 0 Å². The maximum Gasteiger partial charge on any atom is 0.272 e. The van der Waals surface area contributed by atoms with Crippen molar-refractivity contribution in [3.05, 3.63) is 30.1 Å². The monoisotopic (exact) mass is 276 g/mol. The lowest BCUT2D eigenvalue weighted by Gasteiger charge is -2.39. The van der Waals surface area contributed by atoms with E-state index in [1.54, 1.807) is 12.3 Å². The first-order chi connectivity index (χ1) is 9.76. The Hall–Kier alpha value is -1.46. The van der Waals surface area contributed by atoms with Crippen molar-refractivity contribution in [3.8, 4) is 0 Å². The van der Waals surface area contributed by atoms with E-state index in [-0.39, 0.29) is 5.91 Å². The van der Waals surface area contributed by atoms with Crippen molar-refractivity contribution in [2.24, 2.45) is 5.73 Å². The zero-order valence-corrected chi connectivity index (χ0v) is 12.2. The van der Waals surface area contributed by atoms with Gasteiger partial charge in [0.25, 0.3) is 5.91 Å². The summed E-state index contributed by atoms with van der Waals surface area (Å²) in [6.07, 6.45) is 3.81. The number of hydrogen-bond donors (Lipinski definition) is 1. The molecule has 110 valence electrons. The van der Waals surface area contributed by atoms with Crippen LogP contribution in [0, 0.1) is 0 Å². The van der Waals surface area contributed by atoms with Crippen LogP contribution in [0.2, 0.25) is 0 Å². The number of carbonyl (C=O) groups is 1. The van der Waals surface area contributed by atoms with Crippen molar-refractivity contribution in [3.63, 3.8) is 0 Å². The standard InChI is InChI=1S/C15H24N4O/c1-2-13(6-7-16)18-9-11-19(12-10-18)15(20)14-5-3-4-8-17-14/h3-5,8,13H,2,6-7,9-12,16H2,1H3. The molecule has 5 nitrogen and oxygen atoms in total. The average Bonchev–Trinajstić information content (AvgIpc) is 2.53. The van der Waals surface area contributed by atoms with Gasteiger partial charge in [0, 0.05) is 38.4 Å². The molecule has 2 heterocycles. The molecule has 1 aromatic rings. The van der Waals surface area contributed by atoms with Crippen LogP contribution in [0.3, 0.4) is 0 Å². The number of nitrogens with two attached hydrogens (primary N) is 1. The van der Waals surface area contributed by atoms with Gasteiger partial charge in [-0.1, -0.05) is 13.0 Å². The summed E-state index contributed by atoms with van der Waals surface area (Å²) >= 11 is 0. The maximum atomic E-state index is 12.3. The highest BCUT2D eigenvalue weighted by molar-refractivity contribution is 5.92. The fourth-order valence-corrected chi connectivity index (χ4v) is 2.78. The summed E-state index contributed by atoms with van der Waals surface area (Å²) in [5.74, 6) is 0.0390. The highest BCUT2D eigenvalue weighted by Crippen LogP contribution is 2.13. The highest BCUT2D eigenvalue weighted by atomic mass is 16.2. The molecule has 2 N–H and O–H groups in total. The van der Waals surface area contributed by atoms with Crippen molar-refractivity contribution in [1.29, 1.82) is 0 Å². The predicted octanol–water partition coefficient (Wildman–Crippen LogP) is 0.967. The van der Waals surface area contributed by atoms with Gasteiger partial charge in [-0.15, -0.1) is 0 Å². The quantitative estimate of drug-likeness (QED) is 0.870. The first-order valence-corrected chi connectivity index (χ1v) is 7.40. The van der Waals surface area contributed by atoms with Crippen LogP contribution >= 0.6 is 0 Å². The van der Waals surface area contributed by atoms with E-state index in [2.05, 4.69) is 16.8 Å². The molecular weight excluding hydrogens is 252 g/mol. The Morgan fingerprint density at radius 3 is 2.65 bits per heavy atom. The lowest BCUT2D eigenvalue weighted by Crippen LogP contribution is -2.52. The Bertz CT molecular complexity index is 415. The van der Waals surface area contributed by atoms with Gasteiger partial charge in [-0.05, 0) is 31.5 Å². The number of aromatic nitrogens is 1. The molecule has 2 rings (SSSR count). The molecule has 0 saturated carbocycles. The van der Waals surface area contributed by atoms with E-state index in [4.69, 9.17) is 5.73 Å². The number of carbonyl (C=O) groups excluding carboxylic acids is 1. The molecule has 0 spiro atoms. The largest absolute Gasteiger partial charge is 0.335 e.